The van der Waals surface area contributed by atoms with Crippen molar-refractivity contribution in [2.24, 2.45) is 4.40 Å². The van der Waals surface area contributed by atoms with Crippen molar-refractivity contribution < 1.29 is 13.5 Å². The third kappa shape index (κ3) is 4.66. The number of sulfonamides is 1. The zero-order chi connectivity index (χ0) is 16.5. The maximum atomic E-state index is 12.3. The van der Waals surface area contributed by atoms with Gasteiger partial charge in [0.25, 0.3) is 10.0 Å². The molecular formula is C13H6I4NO3S-. The minimum atomic E-state index is -4.00. The van der Waals surface area contributed by atoms with Gasteiger partial charge in [0.1, 0.15) is 0 Å². The number of rotatable bonds is 3. The van der Waals surface area contributed by atoms with E-state index in [9.17, 15) is 13.5 Å². The molecule has 0 heterocycles. The largest absolute Gasteiger partial charge is 0.858 e. The van der Waals surface area contributed by atoms with E-state index in [1.165, 1.54) is 12.1 Å². The lowest BCUT2D eigenvalue weighted by Crippen LogP contribution is -2.22. The van der Waals surface area contributed by atoms with Gasteiger partial charge < -0.3 is 5.11 Å². The van der Waals surface area contributed by atoms with Crippen LogP contribution in [0.15, 0.2) is 45.7 Å². The molecule has 2 aromatic carbocycles. The summed E-state index contributed by atoms with van der Waals surface area (Å²) in [6.07, 6.45) is 0. The molecule has 0 aliphatic heterocycles. The molecule has 0 fully saturated rings. The van der Waals surface area contributed by atoms with Crippen LogP contribution in [-0.4, -0.2) is 14.3 Å². The lowest BCUT2D eigenvalue weighted by Gasteiger charge is -2.14. The van der Waals surface area contributed by atoms with E-state index in [1.54, 1.807) is 18.2 Å². The third-order valence-corrected chi connectivity index (χ3v) is 8.20. The van der Waals surface area contributed by atoms with E-state index in [2.05, 4.69) is 72.2 Å². The maximum Gasteiger partial charge on any atom is 0.281 e. The van der Waals surface area contributed by atoms with E-state index in [1.807, 2.05) is 28.7 Å². The van der Waals surface area contributed by atoms with Gasteiger partial charge in [0, 0.05) is 25.7 Å². The highest BCUT2D eigenvalue weighted by atomic mass is 127. The van der Waals surface area contributed by atoms with Crippen LogP contribution in [0, 0.1) is 14.3 Å². The van der Waals surface area contributed by atoms with Crippen molar-refractivity contribution in [1.29, 1.82) is 0 Å². The molecule has 0 saturated heterocycles. The Morgan fingerprint density at radius 1 is 0.955 bits per heavy atom. The van der Waals surface area contributed by atoms with Crippen LogP contribution in [0.4, 0.5) is 0 Å². The predicted molar refractivity (Wildman–Crippen MR) is 117 cm³/mol. The van der Waals surface area contributed by atoms with Crippen LogP contribution in [0.1, 0.15) is 5.56 Å². The molecule has 2 rings (SSSR count). The fourth-order valence-electron chi connectivity index (χ4n) is 1.53. The first-order valence-corrected chi connectivity index (χ1v) is 11.4. The Morgan fingerprint density at radius 3 is 2.14 bits per heavy atom. The third-order valence-electron chi connectivity index (χ3n) is 2.54. The molecule has 0 saturated carbocycles. The van der Waals surface area contributed by atoms with Crippen LogP contribution < -0.4 is 5.11 Å². The summed E-state index contributed by atoms with van der Waals surface area (Å²) in [5.41, 5.74) is 0.297. The summed E-state index contributed by atoms with van der Waals surface area (Å²) >= 11 is 8.28. The quantitative estimate of drug-likeness (QED) is 0.208. The van der Waals surface area contributed by atoms with E-state index in [0.717, 1.165) is 10.7 Å². The van der Waals surface area contributed by atoms with Gasteiger partial charge in [-0.25, -0.2) is 0 Å². The average molecular weight is 764 g/mol. The lowest BCUT2D eigenvalue weighted by atomic mass is 10.2. The standard InChI is InChI=1S/C13H7I4NO3S/c14-7-1-3-9(4-2-7)22(20,21)18-13(19)10-5-8(15)6-11(16)12(10)17/h1-6H,(H,18,19)/p-1. The Labute approximate surface area is 182 Å². The second-order valence-electron chi connectivity index (χ2n) is 4.07. The second kappa shape index (κ2) is 7.77. The Bertz CT molecular complexity index is 848. The van der Waals surface area contributed by atoms with Gasteiger partial charge in [-0.2, -0.15) is 12.8 Å². The topological polar surface area (TPSA) is 69.6 Å². The minimum absolute atomic E-state index is 0.0107. The molecule has 0 spiro atoms. The Kier molecular flexibility index (Phi) is 6.75. The zero-order valence-electron chi connectivity index (χ0n) is 10.6. The zero-order valence-corrected chi connectivity index (χ0v) is 20.0. The van der Waals surface area contributed by atoms with Crippen molar-refractivity contribution in [1.82, 2.24) is 0 Å². The van der Waals surface area contributed by atoms with E-state index >= 15 is 0 Å². The number of hydrogen-bond acceptors (Lipinski definition) is 3. The van der Waals surface area contributed by atoms with Crippen LogP contribution in [0.3, 0.4) is 0 Å². The normalized spacial score (nSPS) is 12.5. The molecule has 9 heteroatoms. The fraction of sp³-hybridized carbons (Fsp3) is 0. The molecule has 0 aromatic heterocycles. The first-order valence-electron chi connectivity index (χ1n) is 5.63. The van der Waals surface area contributed by atoms with Crippen molar-refractivity contribution in [3.63, 3.8) is 0 Å². The molecule has 0 N–H and O–H groups in total. The molecule has 0 amide bonds. The highest BCUT2D eigenvalue weighted by molar-refractivity contribution is 14.1. The van der Waals surface area contributed by atoms with E-state index in [4.69, 9.17) is 0 Å². The van der Waals surface area contributed by atoms with Crippen LogP contribution in [0.25, 0.3) is 0 Å². The van der Waals surface area contributed by atoms with Crippen LogP contribution in [-0.2, 0) is 10.0 Å². The SMILES string of the molecule is O=S(=O)(/N=C(\[O-])c1cc(I)cc(I)c1I)c1ccc(I)cc1. The Hall–Kier alpha value is 0.780. The molecule has 4 nitrogen and oxygen atoms in total. The van der Waals surface area contributed by atoms with Crippen molar-refractivity contribution in [2.45, 2.75) is 4.90 Å². The summed E-state index contributed by atoms with van der Waals surface area (Å²) in [5, 5.41) is 12.3. The highest BCUT2D eigenvalue weighted by Crippen LogP contribution is 2.23. The van der Waals surface area contributed by atoms with Crippen molar-refractivity contribution in [3.05, 3.63) is 56.2 Å². The van der Waals surface area contributed by atoms with Gasteiger partial charge >= 0.3 is 0 Å². The summed E-state index contributed by atoms with van der Waals surface area (Å²) in [7, 11) is -4.00. The first-order chi connectivity index (χ1) is 10.2. The summed E-state index contributed by atoms with van der Waals surface area (Å²) < 4.78 is 31.2. The van der Waals surface area contributed by atoms with Crippen molar-refractivity contribution in [3.8, 4) is 0 Å². The van der Waals surface area contributed by atoms with E-state index in [-0.39, 0.29) is 4.90 Å². The van der Waals surface area contributed by atoms with Crippen LogP contribution in [0.5, 0.6) is 0 Å². The number of halogens is 4. The van der Waals surface area contributed by atoms with Crippen LogP contribution >= 0.6 is 90.4 Å². The molecule has 2 aromatic rings. The Morgan fingerprint density at radius 2 is 1.55 bits per heavy atom. The minimum Gasteiger partial charge on any atom is -0.858 e. The molecule has 0 unspecified atom stereocenters. The number of nitrogens with zero attached hydrogens (tertiary/aromatic N) is 1. The molecular weight excluding hydrogens is 758 g/mol. The maximum absolute atomic E-state index is 12.3. The van der Waals surface area contributed by atoms with Gasteiger partial charge in [-0.1, -0.05) is 0 Å². The molecule has 22 heavy (non-hydrogen) atoms. The molecule has 0 aliphatic rings. The van der Waals surface area contributed by atoms with Gasteiger partial charge in [0.15, 0.2) is 0 Å². The smallest absolute Gasteiger partial charge is 0.281 e. The van der Waals surface area contributed by atoms with E-state index in [0.29, 0.717) is 9.13 Å². The molecule has 116 valence electrons. The summed E-state index contributed by atoms with van der Waals surface area (Å²) in [5.74, 6) is -0.751. The van der Waals surface area contributed by atoms with Crippen molar-refractivity contribution in [2.75, 3.05) is 0 Å². The molecule has 0 bridgehead atoms. The number of benzene rings is 2. The lowest BCUT2D eigenvalue weighted by molar-refractivity contribution is -0.212. The highest BCUT2D eigenvalue weighted by Gasteiger charge is 2.14. The molecule has 0 radical (unpaired) electrons. The van der Waals surface area contributed by atoms with Gasteiger partial charge in [-0.3, -0.25) is 0 Å². The molecule has 0 aliphatic carbocycles. The number of hydrogen-bond donors (Lipinski definition) is 0. The van der Waals surface area contributed by atoms with Gasteiger partial charge in [-0.15, -0.1) is 0 Å². The summed E-state index contributed by atoms with van der Waals surface area (Å²) in [6.45, 7) is 0. The predicted octanol–water partition coefficient (Wildman–Crippen LogP) is 3.60. The Balaban J connectivity index is 2.50. The van der Waals surface area contributed by atoms with Crippen molar-refractivity contribution >= 4 is 106 Å². The summed E-state index contributed by atoms with van der Waals surface area (Å²) in [6, 6.07) is 9.75. The first kappa shape index (κ1) is 19.1. The van der Waals surface area contributed by atoms with Gasteiger partial charge in [0.2, 0.25) is 0 Å². The fourth-order valence-corrected chi connectivity index (χ4v) is 5.18. The second-order valence-corrected chi connectivity index (χ2v) is 10.4. The average Bonchev–Trinajstić information content (AvgIpc) is 2.42. The monoisotopic (exact) mass is 764 g/mol. The van der Waals surface area contributed by atoms with Gasteiger partial charge in [-0.05, 0) is 127 Å². The van der Waals surface area contributed by atoms with E-state index < -0.39 is 15.9 Å². The molecule has 0 atom stereocenters. The van der Waals surface area contributed by atoms with Gasteiger partial charge in [0.05, 0.1) is 4.90 Å². The van der Waals surface area contributed by atoms with Crippen LogP contribution in [0.2, 0.25) is 0 Å². The summed E-state index contributed by atoms with van der Waals surface area (Å²) in [4.78, 5) is 0.0107.